The quantitative estimate of drug-likeness (QED) is 0.614. The van der Waals surface area contributed by atoms with Crippen LogP contribution in [-0.4, -0.2) is 52.4 Å². The Balaban J connectivity index is 1.62. The topological polar surface area (TPSA) is 83.3 Å². The highest BCUT2D eigenvalue weighted by molar-refractivity contribution is 7.13. The predicted octanol–water partition coefficient (Wildman–Crippen LogP) is 1.18. The number of hydrogen-bond acceptors (Lipinski definition) is 6. The van der Waals surface area contributed by atoms with Gasteiger partial charge in [0.25, 0.3) is 0 Å². The second kappa shape index (κ2) is 7.81. The number of fused-ring (bicyclic) bond motifs is 1. The van der Waals surface area contributed by atoms with Crippen molar-refractivity contribution in [3.8, 4) is 0 Å². The molecular formula is C16H26N8S. The van der Waals surface area contributed by atoms with Crippen LogP contribution in [0.2, 0.25) is 0 Å². The first kappa shape index (κ1) is 17.7. The molecule has 0 aliphatic carbocycles. The SMILES string of the molecule is CCNC(=NCc1csc(N(C)C)n1)NC1CCc2nc(C)nn2C1. The Morgan fingerprint density at radius 3 is 3.00 bits per heavy atom. The minimum absolute atomic E-state index is 0.305. The van der Waals surface area contributed by atoms with Crippen molar-refractivity contribution < 1.29 is 0 Å². The van der Waals surface area contributed by atoms with E-state index in [0.29, 0.717) is 12.6 Å². The molecule has 25 heavy (non-hydrogen) atoms. The number of nitrogens with zero attached hydrogens (tertiary/aromatic N) is 6. The van der Waals surface area contributed by atoms with Crippen LogP contribution in [0.3, 0.4) is 0 Å². The Bertz CT molecular complexity index is 732. The zero-order valence-corrected chi connectivity index (χ0v) is 16.1. The summed E-state index contributed by atoms with van der Waals surface area (Å²) in [6.07, 6.45) is 1.97. The normalized spacial score (nSPS) is 17.3. The molecule has 2 aromatic rings. The van der Waals surface area contributed by atoms with Gasteiger partial charge in [0.2, 0.25) is 0 Å². The van der Waals surface area contributed by atoms with Gasteiger partial charge >= 0.3 is 0 Å². The number of aryl methyl sites for hydroxylation is 2. The average Bonchev–Trinajstić information content (AvgIpc) is 3.18. The Morgan fingerprint density at radius 2 is 2.28 bits per heavy atom. The van der Waals surface area contributed by atoms with E-state index >= 15 is 0 Å². The van der Waals surface area contributed by atoms with Crippen LogP contribution in [0.1, 0.15) is 30.7 Å². The van der Waals surface area contributed by atoms with Gasteiger partial charge in [0, 0.05) is 38.5 Å². The highest BCUT2D eigenvalue weighted by atomic mass is 32.1. The maximum atomic E-state index is 4.69. The Morgan fingerprint density at radius 1 is 1.44 bits per heavy atom. The first-order valence-corrected chi connectivity index (χ1v) is 9.50. The monoisotopic (exact) mass is 362 g/mol. The molecule has 0 radical (unpaired) electrons. The molecule has 136 valence electrons. The third kappa shape index (κ3) is 4.47. The van der Waals surface area contributed by atoms with Crippen molar-refractivity contribution in [1.29, 1.82) is 0 Å². The molecule has 1 atom stereocenters. The lowest BCUT2D eigenvalue weighted by Crippen LogP contribution is -2.47. The molecule has 1 aliphatic rings. The predicted molar refractivity (Wildman–Crippen MR) is 101 cm³/mol. The molecule has 1 aliphatic heterocycles. The number of rotatable bonds is 5. The molecule has 0 spiro atoms. The van der Waals surface area contributed by atoms with Gasteiger partial charge in [0.1, 0.15) is 11.6 Å². The molecule has 0 saturated heterocycles. The van der Waals surface area contributed by atoms with Gasteiger partial charge in [-0.15, -0.1) is 11.3 Å². The summed E-state index contributed by atoms with van der Waals surface area (Å²) in [6, 6.07) is 0.305. The molecule has 2 aromatic heterocycles. The molecule has 8 nitrogen and oxygen atoms in total. The van der Waals surface area contributed by atoms with Crippen molar-refractivity contribution in [1.82, 2.24) is 30.4 Å². The van der Waals surface area contributed by atoms with Crippen molar-refractivity contribution in [3.05, 3.63) is 22.7 Å². The van der Waals surface area contributed by atoms with Crippen LogP contribution in [0.15, 0.2) is 10.4 Å². The summed E-state index contributed by atoms with van der Waals surface area (Å²) < 4.78 is 2.00. The highest BCUT2D eigenvalue weighted by Gasteiger charge is 2.21. The fourth-order valence-corrected chi connectivity index (χ4v) is 3.55. The van der Waals surface area contributed by atoms with E-state index in [4.69, 9.17) is 0 Å². The second-order valence-corrected chi connectivity index (χ2v) is 7.18. The summed E-state index contributed by atoms with van der Waals surface area (Å²) in [5.74, 6) is 2.75. The van der Waals surface area contributed by atoms with Crippen LogP contribution in [0.5, 0.6) is 0 Å². The van der Waals surface area contributed by atoms with Crippen molar-refractivity contribution in [3.63, 3.8) is 0 Å². The van der Waals surface area contributed by atoms with Gasteiger partial charge in [0.05, 0.1) is 18.8 Å². The summed E-state index contributed by atoms with van der Waals surface area (Å²) in [7, 11) is 4.00. The van der Waals surface area contributed by atoms with Crippen LogP contribution in [0.4, 0.5) is 5.13 Å². The fourth-order valence-electron chi connectivity index (χ4n) is 2.80. The van der Waals surface area contributed by atoms with Gasteiger partial charge < -0.3 is 15.5 Å². The number of thiazole rings is 1. The van der Waals surface area contributed by atoms with E-state index in [9.17, 15) is 0 Å². The van der Waals surface area contributed by atoms with E-state index in [1.165, 1.54) is 0 Å². The number of aliphatic imine (C=N–C) groups is 1. The third-order valence-electron chi connectivity index (χ3n) is 3.97. The first-order chi connectivity index (χ1) is 12.0. The van der Waals surface area contributed by atoms with E-state index in [2.05, 4.69) is 43.0 Å². The van der Waals surface area contributed by atoms with E-state index in [-0.39, 0.29) is 0 Å². The first-order valence-electron chi connectivity index (χ1n) is 8.62. The van der Waals surface area contributed by atoms with E-state index in [0.717, 1.165) is 54.4 Å². The molecule has 1 unspecified atom stereocenters. The molecular weight excluding hydrogens is 336 g/mol. The molecule has 0 bridgehead atoms. The largest absolute Gasteiger partial charge is 0.357 e. The Hall–Kier alpha value is -2.16. The van der Waals surface area contributed by atoms with E-state index in [1.54, 1.807) is 11.3 Å². The number of guanidine groups is 1. The minimum Gasteiger partial charge on any atom is -0.357 e. The summed E-state index contributed by atoms with van der Waals surface area (Å²) in [5, 5.41) is 14.4. The zero-order chi connectivity index (χ0) is 17.8. The molecule has 0 saturated carbocycles. The fraction of sp³-hybridized carbons (Fsp3) is 0.625. The van der Waals surface area contributed by atoms with Gasteiger partial charge in [-0.2, -0.15) is 5.10 Å². The lowest BCUT2D eigenvalue weighted by molar-refractivity contribution is 0.392. The molecule has 3 heterocycles. The minimum atomic E-state index is 0.305. The number of anilines is 1. The van der Waals surface area contributed by atoms with E-state index < -0.39 is 0 Å². The number of nitrogens with one attached hydrogen (secondary N) is 2. The molecule has 0 aromatic carbocycles. The Kier molecular flexibility index (Phi) is 5.52. The van der Waals surface area contributed by atoms with Crippen LogP contribution in [0.25, 0.3) is 0 Å². The highest BCUT2D eigenvalue weighted by Crippen LogP contribution is 2.18. The van der Waals surface area contributed by atoms with Crippen LogP contribution in [-0.2, 0) is 19.5 Å². The van der Waals surface area contributed by atoms with Crippen LogP contribution < -0.4 is 15.5 Å². The molecule has 2 N–H and O–H groups in total. The summed E-state index contributed by atoms with van der Waals surface area (Å²) in [6.45, 7) is 6.23. The van der Waals surface area contributed by atoms with Crippen LogP contribution >= 0.6 is 11.3 Å². The lowest BCUT2D eigenvalue weighted by atomic mass is 10.1. The van der Waals surface area contributed by atoms with Gasteiger partial charge in [0.15, 0.2) is 11.1 Å². The Labute approximate surface area is 152 Å². The molecule has 9 heteroatoms. The van der Waals surface area contributed by atoms with Gasteiger partial charge in [-0.3, -0.25) is 0 Å². The summed E-state index contributed by atoms with van der Waals surface area (Å²) in [5.41, 5.74) is 0.990. The second-order valence-electron chi connectivity index (χ2n) is 6.35. The van der Waals surface area contributed by atoms with Gasteiger partial charge in [-0.25, -0.2) is 19.6 Å². The standard InChI is InChI=1S/C16H26N8S/c1-5-17-15(18-8-13-10-25-16(21-13)23(3)4)20-12-6-7-14-19-11(2)22-24(14)9-12/h10,12H,5-9H2,1-4H3,(H2,17,18,20). The third-order valence-corrected chi connectivity index (χ3v) is 5.03. The summed E-state index contributed by atoms with van der Waals surface area (Å²) in [4.78, 5) is 15.7. The smallest absolute Gasteiger partial charge is 0.191 e. The number of aromatic nitrogens is 4. The summed E-state index contributed by atoms with van der Waals surface area (Å²) >= 11 is 1.64. The molecule has 0 fully saturated rings. The average molecular weight is 363 g/mol. The van der Waals surface area contributed by atoms with Crippen molar-refractivity contribution in [2.75, 3.05) is 25.5 Å². The van der Waals surface area contributed by atoms with Gasteiger partial charge in [-0.05, 0) is 20.3 Å². The zero-order valence-electron chi connectivity index (χ0n) is 15.3. The van der Waals surface area contributed by atoms with E-state index in [1.807, 2.05) is 30.6 Å². The molecule has 3 rings (SSSR count). The maximum Gasteiger partial charge on any atom is 0.191 e. The maximum absolute atomic E-state index is 4.69. The lowest BCUT2D eigenvalue weighted by Gasteiger charge is -2.25. The van der Waals surface area contributed by atoms with Crippen molar-refractivity contribution in [2.24, 2.45) is 4.99 Å². The van der Waals surface area contributed by atoms with Crippen molar-refractivity contribution in [2.45, 2.75) is 45.8 Å². The molecule has 0 amide bonds. The van der Waals surface area contributed by atoms with Crippen molar-refractivity contribution >= 4 is 22.4 Å². The number of hydrogen-bond donors (Lipinski definition) is 2. The van der Waals surface area contributed by atoms with Gasteiger partial charge in [-0.1, -0.05) is 0 Å². The van der Waals surface area contributed by atoms with Crippen LogP contribution in [0, 0.1) is 6.92 Å².